The first-order chi connectivity index (χ1) is 10.2. The Morgan fingerprint density at radius 1 is 1.19 bits per heavy atom. The molecular formula is C16H21N3O2. The molecule has 1 heterocycles. The van der Waals surface area contributed by atoms with Crippen molar-refractivity contribution in [3.8, 4) is 5.88 Å². The summed E-state index contributed by atoms with van der Waals surface area (Å²) in [6.45, 7) is 5.21. The Morgan fingerprint density at radius 3 is 2.76 bits per heavy atom. The Bertz CT molecular complexity index is 573. The van der Waals surface area contributed by atoms with Crippen LogP contribution in [0.4, 0.5) is 5.95 Å². The Hall–Kier alpha value is -2.14. The molecule has 2 aromatic rings. The summed E-state index contributed by atoms with van der Waals surface area (Å²) in [5, 5.41) is 3.20. The van der Waals surface area contributed by atoms with E-state index in [2.05, 4.69) is 27.4 Å². The Morgan fingerprint density at radius 2 is 2.00 bits per heavy atom. The van der Waals surface area contributed by atoms with Crippen molar-refractivity contribution in [1.82, 2.24) is 9.97 Å². The normalized spacial score (nSPS) is 10.7. The van der Waals surface area contributed by atoms with Gasteiger partial charge in [0.1, 0.15) is 0 Å². The number of hydrogen-bond donors (Lipinski definition) is 1. The first-order valence-corrected chi connectivity index (χ1v) is 6.97. The van der Waals surface area contributed by atoms with Crippen molar-refractivity contribution < 1.29 is 9.47 Å². The summed E-state index contributed by atoms with van der Waals surface area (Å²) in [6.07, 6.45) is 1.78. The predicted molar refractivity (Wildman–Crippen MR) is 82.3 cm³/mol. The van der Waals surface area contributed by atoms with E-state index in [0.717, 1.165) is 11.1 Å². The maximum Gasteiger partial charge on any atom is 0.226 e. The van der Waals surface area contributed by atoms with Crippen molar-refractivity contribution in [1.29, 1.82) is 0 Å². The Balaban J connectivity index is 1.97. The first kappa shape index (κ1) is 15.3. The molecular weight excluding hydrogens is 266 g/mol. The van der Waals surface area contributed by atoms with Gasteiger partial charge < -0.3 is 14.8 Å². The van der Waals surface area contributed by atoms with Crippen LogP contribution in [0.3, 0.4) is 0 Å². The fraction of sp³-hybridized carbons (Fsp3) is 0.375. The van der Waals surface area contributed by atoms with E-state index in [9.17, 15) is 0 Å². The molecule has 0 aliphatic heterocycles. The number of rotatable bonds is 7. The minimum atomic E-state index is 0.0958. The molecule has 0 unspecified atom stereocenters. The van der Waals surface area contributed by atoms with Gasteiger partial charge in [-0.1, -0.05) is 24.3 Å². The van der Waals surface area contributed by atoms with Crippen LogP contribution in [-0.2, 0) is 17.9 Å². The van der Waals surface area contributed by atoms with Crippen LogP contribution in [0.2, 0.25) is 0 Å². The molecule has 112 valence electrons. The van der Waals surface area contributed by atoms with Crippen LogP contribution < -0.4 is 10.1 Å². The van der Waals surface area contributed by atoms with Crippen LogP contribution in [0.25, 0.3) is 0 Å². The van der Waals surface area contributed by atoms with Crippen LogP contribution in [0.5, 0.6) is 5.88 Å². The van der Waals surface area contributed by atoms with E-state index in [0.29, 0.717) is 25.0 Å². The lowest BCUT2D eigenvalue weighted by Crippen LogP contribution is -2.09. The molecule has 0 fully saturated rings. The van der Waals surface area contributed by atoms with Crippen molar-refractivity contribution in [2.24, 2.45) is 0 Å². The van der Waals surface area contributed by atoms with E-state index < -0.39 is 0 Å². The molecule has 5 nitrogen and oxygen atoms in total. The topological polar surface area (TPSA) is 56.3 Å². The van der Waals surface area contributed by atoms with Gasteiger partial charge in [0.05, 0.1) is 12.7 Å². The highest BCUT2D eigenvalue weighted by molar-refractivity contribution is 5.31. The predicted octanol–water partition coefficient (Wildman–Crippen LogP) is 3.02. The van der Waals surface area contributed by atoms with Crippen LogP contribution in [0.1, 0.15) is 25.0 Å². The number of benzene rings is 1. The molecule has 0 amide bonds. The maximum atomic E-state index is 5.55. The molecule has 0 saturated carbocycles. The number of hydrogen-bond acceptors (Lipinski definition) is 5. The van der Waals surface area contributed by atoms with E-state index in [-0.39, 0.29) is 6.10 Å². The van der Waals surface area contributed by atoms with Crippen molar-refractivity contribution in [3.05, 3.63) is 47.7 Å². The molecule has 0 aliphatic rings. The van der Waals surface area contributed by atoms with Gasteiger partial charge in [0, 0.05) is 25.9 Å². The zero-order valence-corrected chi connectivity index (χ0v) is 12.7. The third-order valence-electron chi connectivity index (χ3n) is 2.74. The number of methoxy groups -OCH3 is 1. The molecule has 1 aromatic heterocycles. The van der Waals surface area contributed by atoms with Gasteiger partial charge in [-0.25, -0.2) is 4.98 Å². The average molecular weight is 287 g/mol. The van der Waals surface area contributed by atoms with Gasteiger partial charge in [-0.3, -0.25) is 0 Å². The van der Waals surface area contributed by atoms with Gasteiger partial charge in [-0.05, 0) is 25.0 Å². The lowest BCUT2D eigenvalue weighted by atomic mass is 10.1. The summed E-state index contributed by atoms with van der Waals surface area (Å²) in [6, 6.07) is 9.97. The zero-order chi connectivity index (χ0) is 15.1. The molecule has 5 heteroatoms. The van der Waals surface area contributed by atoms with E-state index in [1.54, 1.807) is 19.4 Å². The maximum absolute atomic E-state index is 5.55. The lowest BCUT2D eigenvalue weighted by Gasteiger charge is -2.10. The van der Waals surface area contributed by atoms with Crippen molar-refractivity contribution in [2.75, 3.05) is 12.4 Å². The van der Waals surface area contributed by atoms with Crippen LogP contribution in [0.15, 0.2) is 36.5 Å². The summed E-state index contributed by atoms with van der Waals surface area (Å²) >= 11 is 0. The fourth-order valence-electron chi connectivity index (χ4n) is 1.91. The Kier molecular flexibility index (Phi) is 5.51. The minimum Gasteiger partial charge on any atom is -0.475 e. The van der Waals surface area contributed by atoms with Gasteiger partial charge in [0.2, 0.25) is 11.8 Å². The highest BCUT2D eigenvalue weighted by Gasteiger charge is 2.03. The molecule has 0 saturated heterocycles. The molecule has 21 heavy (non-hydrogen) atoms. The smallest absolute Gasteiger partial charge is 0.226 e. The van der Waals surface area contributed by atoms with Gasteiger partial charge in [-0.2, -0.15) is 4.98 Å². The monoisotopic (exact) mass is 287 g/mol. The summed E-state index contributed by atoms with van der Waals surface area (Å²) in [7, 11) is 1.69. The minimum absolute atomic E-state index is 0.0958. The zero-order valence-electron chi connectivity index (χ0n) is 12.7. The first-order valence-electron chi connectivity index (χ1n) is 6.97. The second kappa shape index (κ2) is 7.59. The second-order valence-electron chi connectivity index (χ2n) is 4.99. The molecule has 0 spiro atoms. The van der Waals surface area contributed by atoms with Crippen LogP contribution in [-0.4, -0.2) is 23.2 Å². The molecule has 1 aromatic carbocycles. The number of aromatic nitrogens is 2. The second-order valence-corrected chi connectivity index (χ2v) is 4.99. The average Bonchev–Trinajstić information content (AvgIpc) is 2.46. The van der Waals surface area contributed by atoms with Gasteiger partial charge >= 0.3 is 0 Å². The quantitative estimate of drug-likeness (QED) is 0.848. The molecule has 1 N–H and O–H groups in total. The largest absolute Gasteiger partial charge is 0.475 e. The molecule has 2 rings (SSSR count). The Labute approximate surface area is 125 Å². The van der Waals surface area contributed by atoms with Crippen LogP contribution >= 0.6 is 0 Å². The molecule has 0 bridgehead atoms. The van der Waals surface area contributed by atoms with Crippen molar-refractivity contribution in [3.63, 3.8) is 0 Å². The van der Waals surface area contributed by atoms with E-state index in [4.69, 9.17) is 9.47 Å². The summed E-state index contributed by atoms with van der Waals surface area (Å²) in [5.74, 6) is 1.14. The third kappa shape index (κ3) is 5.04. The summed E-state index contributed by atoms with van der Waals surface area (Å²) in [4.78, 5) is 8.51. The van der Waals surface area contributed by atoms with Crippen molar-refractivity contribution >= 4 is 5.95 Å². The van der Waals surface area contributed by atoms with E-state index in [1.165, 1.54) is 0 Å². The lowest BCUT2D eigenvalue weighted by molar-refractivity contribution is 0.185. The SMILES string of the molecule is COCc1cccc(CNc2nccc(OC(C)C)n2)c1. The fourth-order valence-corrected chi connectivity index (χ4v) is 1.91. The standard InChI is InChI=1S/C16H21N3O2/c1-12(2)21-15-7-8-17-16(19-15)18-10-13-5-4-6-14(9-13)11-20-3/h4-9,12H,10-11H2,1-3H3,(H,17,18,19). The summed E-state index contributed by atoms with van der Waals surface area (Å²) < 4.78 is 10.7. The van der Waals surface area contributed by atoms with E-state index >= 15 is 0 Å². The number of ether oxygens (including phenoxy) is 2. The highest BCUT2D eigenvalue weighted by atomic mass is 16.5. The molecule has 0 atom stereocenters. The van der Waals surface area contributed by atoms with Gasteiger partial charge in [0.25, 0.3) is 0 Å². The van der Waals surface area contributed by atoms with Gasteiger partial charge in [-0.15, -0.1) is 0 Å². The highest BCUT2D eigenvalue weighted by Crippen LogP contribution is 2.12. The third-order valence-corrected chi connectivity index (χ3v) is 2.74. The number of nitrogens with one attached hydrogen (secondary N) is 1. The van der Waals surface area contributed by atoms with Gasteiger partial charge in [0.15, 0.2) is 0 Å². The molecule has 0 aliphatic carbocycles. The van der Waals surface area contributed by atoms with E-state index in [1.807, 2.05) is 26.0 Å². The summed E-state index contributed by atoms with van der Waals surface area (Å²) in [5.41, 5.74) is 2.30. The van der Waals surface area contributed by atoms with Crippen LogP contribution in [0, 0.1) is 0 Å². The number of nitrogens with zero attached hydrogens (tertiary/aromatic N) is 2. The number of anilines is 1. The van der Waals surface area contributed by atoms with Crippen molar-refractivity contribution in [2.45, 2.75) is 33.1 Å². The molecule has 0 radical (unpaired) electrons.